The number of likely N-dealkylation sites (N-methyl/N-ethyl adjacent to an activating group) is 1. The Balaban J connectivity index is 0.00000484. The molecule has 2 N–H and O–H groups in total. The van der Waals surface area contributed by atoms with Crippen LogP contribution in [0, 0.1) is 13.8 Å². The highest BCUT2D eigenvalue weighted by Gasteiger charge is 2.11. The fraction of sp³-hybridized carbons (Fsp3) is 0.750. The molecule has 0 aromatic carbocycles. The number of halogens is 1. The molecule has 1 heterocycles. The molecular formula is C16H32IN5O. The Hall–Kier alpha value is -0.830. The summed E-state index contributed by atoms with van der Waals surface area (Å²) in [5.74, 6) is 2.32. The number of aryl methyl sites for hydroxylation is 2. The Morgan fingerprint density at radius 2 is 1.87 bits per heavy atom. The predicted molar refractivity (Wildman–Crippen MR) is 107 cm³/mol. The molecule has 6 nitrogen and oxygen atoms in total. The van der Waals surface area contributed by atoms with E-state index in [1.165, 1.54) is 0 Å². The molecule has 0 aliphatic heterocycles. The van der Waals surface area contributed by atoms with Crippen LogP contribution in [0.25, 0.3) is 0 Å². The smallest absolute Gasteiger partial charge is 0.216 e. The lowest BCUT2D eigenvalue weighted by atomic mass is 10.3. The molecule has 1 rings (SSSR count). The number of oxazole rings is 1. The van der Waals surface area contributed by atoms with E-state index in [0.717, 1.165) is 43.6 Å². The van der Waals surface area contributed by atoms with Crippen LogP contribution in [-0.2, 0) is 6.54 Å². The second-order valence-electron chi connectivity index (χ2n) is 5.40. The molecule has 1 unspecified atom stereocenters. The maximum absolute atomic E-state index is 5.56. The fourth-order valence-electron chi connectivity index (χ4n) is 2.32. The van der Waals surface area contributed by atoms with Gasteiger partial charge in [0.15, 0.2) is 5.96 Å². The van der Waals surface area contributed by atoms with Crippen molar-refractivity contribution in [3.05, 3.63) is 17.3 Å². The number of guanidine groups is 1. The third-order valence-corrected chi connectivity index (χ3v) is 3.79. The first-order valence-electron chi connectivity index (χ1n) is 8.20. The second kappa shape index (κ2) is 11.7. The Bertz CT molecular complexity index is 452. The summed E-state index contributed by atoms with van der Waals surface area (Å²) in [6, 6.07) is 0.463. The van der Waals surface area contributed by atoms with Crippen LogP contribution in [0.2, 0.25) is 0 Å². The molecule has 1 atom stereocenters. The minimum atomic E-state index is 0. The Kier molecular flexibility index (Phi) is 11.2. The van der Waals surface area contributed by atoms with E-state index in [-0.39, 0.29) is 24.0 Å². The standard InChI is InChI=1S/C16H31N5O.HI/c1-7-17-16(18-10-12(4)21(8-2)9-3)19-11-15-20-13(5)14(6)22-15;/h12H,7-11H2,1-6H3,(H2,17,18,19);1H. The number of hydrogen-bond donors (Lipinski definition) is 2. The first-order chi connectivity index (χ1) is 10.5. The molecular weight excluding hydrogens is 405 g/mol. The van der Waals surface area contributed by atoms with Gasteiger partial charge in [-0.15, -0.1) is 24.0 Å². The van der Waals surface area contributed by atoms with Gasteiger partial charge in [-0.1, -0.05) is 13.8 Å². The number of nitrogens with one attached hydrogen (secondary N) is 2. The summed E-state index contributed by atoms with van der Waals surface area (Å²) < 4.78 is 5.56. The largest absolute Gasteiger partial charge is 0.444 e. The molecule has 134 valence electrons. The topological polar surface area (TPSA) is 65.7 Å². The maximum atomic E-state index is 5.56. The SMILES string of the molecule is CCNC(=NCc1nc(C)c(C)o1)NCC(C)N(CC)CC.I. The molecule has 0 radical (unpaired) electrons. The van der Waals surface area contributed by atoms with Crippen LogP contribution >= 0.6 is 24.0 Å². The van der Waals surface area contributed by atoms with E-state index >= 15 is 0 Å². The summed E-state index contributed by atoms with van der Waals surface area (Å²) in [5.41, 5.74) is 0.929. The highest BCUT2D eigenvalue weighted by atomic mass is 127. The molecule has 0 bridgehead atoms. The first-order valence-corrected chi connectivity index (χ1v) is 8.20. The zero-order chi connectivity index (χ0) is 16.5. The lowest BCUT2D eigenvalue weighted by Gasteiger charge is -2.27. The molecule has 0 amide bonds. The van der Waals surface area contributed by atoms with Gasteiger partial charge in [0.1, 0.15) is 12.3 Å². The van der Waals surface area contributed by atoms with Crippen molar-refractivity contribution < 1.29 is 4.42 Å². The Labute approximate surface area is 157 Å². The van der Waals surface area contributed by atoms with Gasteiger partial charge < -0.3 is 15.1 Å². The molecule has 0 spiro atoms. The van der Waals surface area contributed by atoms with Crippen molar-refractivity contribution >= 4 is 29.9 Å². The van der Waals surface area contributed by atoms with Crippen molar-refractivity contribution in [2.24, 2.45) is 4.99 Å². The van der Waals surface area contributed by atoms with Gasteiger partial charge in [0.2, 0.25) is 5.89 Å². The van der Waals surface area contributed by atoms with E-state index in [9.17, 15) is 0 Å². The van der Waals surface area contributed by atoms with Crippen LogP contribution in [0.15, 0.2) is 9.41 Å². The molecule has 1 aromatic heterocycles. The van der Waals surface area contributed by atoms with Crippen molar-refractivity contribution in [2.45, 2.75) is 54.1 Å². The van der Waals surface area contributed by atoms with Gasteiger partial charge in [0.05, 0.1) is 5.69 Å². The Morgan fingerprint density at radius 3 is 2.35 bits per heavy atom. The quantitative estimate of drug-likeness (QED) is 0.372. The minimum absolute atomic E-state index is 0. The van der Waals surface area contributed by atoms with E-state index in [1.54, 1.807) is 0 Å². The van der Waals surface area contributed by atoms with Gasteiger partial charge in [-0.3, -0.25) is 4.90 Å². The summed E-state index contributed by atoms with van der Waals surface area (Å²) in [5, 5.41) is 6.64. The summed E-state index contributed by atoms with van der Waals surface area (Å²) in [6.07, 6.45) is 0. The lowest BCUT2D eigenvalue weighted by molar-refractivity contribution is 0.231. The van der Waals surface area contributed by atoms with Crippen LogP contribution in [0.4, 0.5) is 0 Å². The third-order valence-electron chi connectivity index (χ3n) is 3.79. The van der Waals surface area contributed by atoms with Gasteiger partial charge in [0.25, 0.3) is 0 Å². The highest BCUT2D eigenvalue weighted by Crippen LogP contribution is 2.08. The molecule has 7 heteroatoms. The average molecular weight is 437 g/mol. The summed E-state index contributed by atoms with van der Waals surface area (Å²) in [4.78, 5) is 11.3. The minimum Gasteiger partial charge on any atom is -0.444 e. The number of aliphatic imine (C=N–C) groups is 1. The van der Waals surface area contributed by atoms with Crippen LogP contribution < -0.4 is 10.6 Å². The molecule has 0 aliphatic carbocycles. The maximum Gasteiger partial charge on any atom is 0.216 e. The average Bonchev–Trinajstić information content (AvgIpc) is 2.82. The van der Waals surface area contributed by atoms with Crippen LogP contribution in [0.1, 0.15) is 45.0 Å². The van der Waals surface area contributed by atoms with Crippen molar-refractivity contribution in [2.75, 3.05) is 26.2 Å². The number of aromatic nitrogens is 1. The highest BCUT2D eigenvalue weighted by molar-refractivity contribution is 14.0. The number of nitrogens with zero attached hydrogens (tertiary/aromatic N) is 3. The van der Waals surface area contributed by atoms with Crippen molar-refractivity contribution in [3.8, 4) is 0 Å². The lowest BCUT2D eigenvalue weighted by Crippen LogP contribution is -2.46. The fourth-order valence-corrected chi connectivity index (χ4v) is 2.32. The summed E-state index contributed by atoms with van der Waals surface area (Å²) >= 11 is 0. The number of hydrogen-bond acceptors (Lipinski definition) is 4. The van der Waals surface area contributed by atoms with E-state index in [2.05, 4.69) is 53.2 Å². The van der Waals surface area contributed by atoms with Crippen LogP contribution in [-0.4, -0.2) is 48.1 Å². The molecule has 0 saturated heterocycles. The van der Waals surface area contributed by atoms with E-state index < -0.39 is 0 Å². The van der Waals surface area contributed by atoms with E-state index in [4.69, 9.17) is 4.42 Å². The molecule has 0 saturated carbocycles. The molecule has 0 fully saturated rings. The zero-order valence-corrected chi connectivity index (χ0v) is 17.6. The summed E-state index contributed by atoms with van der Waals surface area (Å²) in [7, 11) is 0. The predicted octanol–water partition coefficient (Wildman–Crippen LogP) is 2.69. The zero-order valence-electron chi connectivity index (χ0n) is 15.3. The summed E-state index contributed by atoms with van der Waals surface area (Å²) in [6.45, 7) is 16.8. The van der Waals surface area contributed by atoms with E-state index in [1.807, 2.05) is 13.8 Å². The van der Waals surface area contributed by atoms with Gasteiger partial charge in [0, 0.05) is 19.1 Å². The first kappa shape index (κ1) is 22.2. The normalized spacial score (nSPS) is 12.9. The molecule has 0 aliphatic rings. The second-order valence-corrected chi connectivity index (χ2v) is 5.40. The van der Waals surface area contributed by atoms with Gasteiger partial charge in [-0.2, -0.15) is 0 Å². The van der Waals surface area contributed by atoms with Gasteiger partial charge in [-0.05, 0) is 40.8 Å². The van der Waals surface area contributed by atoms with Crippen molar-refractivity contribution in [1.82, 2.24) is 20.5 Å². The van der Waals surface area contributed by atoms with Gasteiger partial charge in [-0.25, -0.2) is 9.98 Å². The number of rotatable bonds is 8. The molecule has 1 aromatic rings. The van der Waals surface area contributed by atoms with Crippen LogP contribution in [0.5, 0.6) is 0 Å². The van der Waals surface area contributed by atoms with Crippen LogP contribution in [0.3, 0.4) is 0 Å². The van der Waals surface area contributed by atoms with Gasteiger partial charge >= 0.3 is 0 Å². The monoisotopic (exact) mass is 437 g/mol. The van der Waals surface area contributed by atoms with Crippen molar-refractivity contribution in [3.63, 3.8) is 0 Å². The van der Waals surface area contributed by atoms with Crippen molar-refractivity contribution in [1.29, 1.82) is 0 Å². The third kappa shape index (κ3) is 7.52. The van der Waals surface area contributed by atoms with E-state index in [0.29, 0.717) is 18.5 Å². The Morgan fingerprint density at radius 1 is 1.22 bits per heavy atom. The molecule has 23 heavy (non-hydrogen) atoms.